The second-order valence-corrected chi connectivity index (χ2v) is 3.41. The lowest BCUT2D eigenvalue weighted by Crippen LogP contribution is -2.07. The summed E-state index contributed by atoms with van der Waals surface area (Å²) in [5, 5.41) is 0.279. The van der Waals surface area contributed by atoms with Gasteiger partial charge in [0.05, 0.1) is 11.6 Å². The fourth-order valence-electron chi connectivity index (χ4n) is 0.762. The Bertz CT molecular complexity index is 330. The van der Waals surface area contributed by atoms with Crippen molar-refractivity contribution in [2.24, 2.45) is 0 Å². The number of nitrogens with zero attached hydrogens (tertiary/aromatic N) is 1. The molecule has 0 aliphatic heterocycles. The maximum absolute atomic E-state index is 11.2. The largest absolute Gasteiger partial charge is 0.461 e. The second-order valence-electron chi connectivity index (χ2n) is 2.18. The molecule has 0 atom stereocenters. The van der Waals surface area contributed by atoms with Crippen LogP contribution in [0.3, 0.4) is 0 Å². The van der Waals surface area contributed by atoms with Crippen LogP contribution in [0.1, 0.15) is 17.4 Å². The van der Waals surface area contributed by atoms with Crippen LogP contribution in [0.4, 0.5) is 0 Å². The topological polar surface area (TPSA) is 39.2 Å². The maximum Gasteiger partial charge on any atom is 0.358 e. The molecule has 5 heteroatoms. The van der Waals surface area contributed by atoms with E-state index in [1.165, 1.54) is 6.20 Å². The average Bonchev–Trinajstić information content (AvgIpc) is 2.10. The van der Waals surface area contributed by atoms with Crippen LogP contribution in [0.15, 0.2) is 16.7 Å². The zero-order chi connectivity index (χ0) is 9.84. The number of esters is 1. The molecule has 0 saturated heterocycles. The van der Waals surface area contributed by atoms with Crippen molar-refractivity contribution in [2.45, 2.75) is 6.92 Å². The summed E-state index contributed by atoms with van der Waals surface area (Å²) in [7, 11) is 0. The van der Waals surface area contributed by atoms with Gasteiger partial charge in [0.25, 0.3) is 0 Å². The molecule has 0 fully saturated rings. The molecule has 1 aromatic heterocycles. The first-order valence-electron chi connectivity index (χ1n) is 3.64. The van der Waals surface area contributed by atoms with Crippen molar-refractivity contribution in [2.75, 3.05) is 6.61 Å². The predicted octanol–water partition coefficient (Wildman–Crippen LogP) is 2.67. The van der Waals surface area contributed by atoms with E-state index in [0.29, 0.717) is 11.1 Å². The molecule has 0 aliphatic rings. The minimum atomic E-state index is -0.506. The molecule has 0 aliphatic carbocycles. The van der Waals surface area contributed by atoms with E-state index in [1.807, 2.05) is 0 Å². The van der Waals surface area contributed by atoms with E-state index < -0.39 is 5.97 Å². The Balaban J connectivity index is 3.01. The van der Waals surface area contributed by atoms with Gasteiger partial charge in [-0.15, -0.1) is 0 Å². The van der Waals surface area contributed by atoms with E-state index in [2.05, 4.69) is 20.9 Å². The molecule has 0 saturated carbocycles. The van der Waals surface area contributed by atoms with Crippen LogP contribution in [-0.2, 0) is 4.74 Å². The highest BCUT2D eigenvalue weighted by Crippen LogP contribution is 2.24. The second kappa shape index (κ2) is 4.58. The molecule has 1 aromatic rings. The molecular formula is C8H7BrClNO2. The summed E-state index contributed by atoms with van der Waals surface area (Å²) in [4.78, 5) is 15.0. The molecule has 0 spiro atoms. The van der Waals surface area contributed by atoms with Gasteiger partial charge in [-0.05, 0) is 28.9 Å². The number of hydrogen-bond acceptors (Lipinski definition) is 3. The number of aromatic nitrogens is 1. The van der Waals surface area contributed by atoms with Crippen molar-refractivity contribution in [3.63, 3.8) is 0 Å². The summed E-state index contributed by atoms with van der Waals surface area (Å²) in [6, 6.07) is 1.66. The van der Waals surface area contributed by atoms with Crippen LogP contribution in [0, 0.1) is 0 Å². The molecule has 0 aromatic carbocycles. The molecule has 3 nitrogen and oxygen atoms in total. The number of carbonyl (C=O) groups excluding carboxylic acids is 1. The number of rotatable bonds is 2. The maximum atomic E-state index is 11.2. The molecule has 0 unspecified atom stereocenters. The van der Waals surface area contributed by atoms with Gasteiger partial charge in [-0.1, -0.05) is 11.6 Å². The first-order valence-corrected chi connectivity index (χ1v) is 4.81. The summed E-state index contributed by atoms with van der Waals surface area (Å²) in [6.07, 6.45) is 1.49. The van der Waals surface area contributed by atoms with Gasteiger partial charge in [-0.3, -0.25) is 0 Å². The van der Waals surface area contributed by atoms with Crippen molar-refractivity contribution < 1.29 is 9.53 Å². The minimum absolute atomic E-state index is 0.137. The van der Waals surface area contributed by atoms with Gasteiger partial charge in [0.1, 0.15) is 0 Å². The summed E-state index contributed by atoms with van der Waals surface area (Å²) < 4.78 is 5.39. The molecular weight excluding hydrogens is 257 g/mol. The third-order valence-electron chi connectivity index (χ3n) is 1.31. The number of hydrogen-bond donors (Lipinski definition) is 0. The van der Waals surface area contributed by atoms with E-state index in [4.69, 9.17) is 16.3 Å². The Kier molecular flexibility index (Phi) is 3.69. The highest BCUT2D eigenvalue weighted by Gasteiger charge is 2.14. The summed E-state index contributed by atoms with van der Waals surface area (Å²) in [6.45, 7) is 2.03. The minimum Gasteiger partial charge on any atom is -0.461 e. The van der Waals surface area contributed by atoms with Gasteiger partial charge in [0, 0.05) is 10.7 Å². The molecule has 0 bridgehead atoms. The molecule has 1 rings (SSSR count). The van der Waals surface area contributed by atoms with Crippen LogP contribution in [0.2, 0.25) is 5.02 Å². The van der Waals surface area contributed by atoms with Crippen molar-refractivity contribution >= 4 is 33.5 Å². The summed E-state index contributed by atoms with van der Waals surface area (Å²) >= 11 is 9.00. The van der Waals surface area contributed by atoms with Crippen molar-refractivity contribution in [1.82, 2.24) is 4.98 Å². The quantitative estimate of drug-likeness (QED) is 0.771. The Morgan fingerprint density at radius 2 is 2.46 bits per heavy atom. The van der Waals surface area contributed by atoms with Gasteiger partial charge in [0.2, 0.25) is 0 Å². The van der Waals surface area contributed by atoms with E-state index in [9.17, 15) is 4.79 Å². The third-order valence-corrected chi connectivity index (χ3v) is 2.58. The number of halogens is 2. The lowest BCUT2D eigenvalue weighted by atomic mass is 10.3. The van der Waals surface area contributed by atoms with Crippen LogP contribution in [-0.4, -0.2) is 17.6 Å². The van der Waals surface area contributed by atoms with Gasteiger partial charge in [-0.2, -0.15) is 0 Å². The Labute approximate surface area is 89.2 Å². The van der Waals surface area contributed by atoms with E-state index in [-0.39, 0.29) is 10.7 Å². The van der Waals surface area contributed by atoms with Gasteiger partial charge in [0.15, 0.2) is 5.69 Å². The summed E-state index contributed by atoms with van der Waals surface area (Å²) in [5.74, 6) is -0.506. The van der Waals surface area contributed by atoms with Crippen molar-refractivity contribution in [3.05, 3.63) is 27.5 Å². The zero-order valence-electron chi connectivity index (χ0n) is 6.88. The average molecular weight is 265 g/mol. The third kappa shape index (κ3) is 2.42. The Morgan fingerprint density at radius 3 is 3.08 bits per heavy atom. The van der Waals surface area contributed by atoms with Gasteiger partial charge >= 0.3 is 5.97 Å². The number of carbonyl (C=O) groups is 1. The molecule has 0 radical (unpaired) electrons. The first-order chi connectivity index (χ1) is 6.16. The van der Waals surface area contributed by atoms with Gasteiger partial charge in [-0.25, -0.2) is 9.78 Å². The van der Waals surface area contributed by atoms with Crippen LogP contribution < -0.4 is 0 Å². The van der Waals surface area contributed by atoms with Crippen LogP contribution in [0.5, 0.6) is 0 Å². The van der Waals surface area contributed by atoms with E-state index in [1.54, 1.807) is 13.0 Å². The standard InChI is InChI=1S/C8H7BrClNO2/c1-2-13-8(12)7-6(10)5(9)3-4-11-7/h3-4H,2H2,1H3. The molecule has 13 heavy (non-hydrogen) atoms. The van der Waals surface area contributed by atoms with Crippen molar-refractivity contribution in [1.29, 1.82) is 0 Å². The molecule has 1 heterocycles. The lowest BCUT2D eigenvalue weighted by Gasteiger charge is -2.03. The highest BCUT2D eigenvalue weighted by molar-refractivity contribution is 9.10. The Hall–Kier alpha value is -0.610. The van der Waals surface area contributed by atoms with E-state index >= 15 is 0 Å². The van der Waals surface area contributed by atoms with Crippen molar-refractivity contribution in [3.8, 4) is 0 Å². The summed E-state index contributed by atoms with van der Waals surface area (Å²) in [5.41, 5.74) is 0.137. The Morgan fingerprint density at radius 1 is 1.77 bits per heavy atom. The smallest absolute Gasteiger partial charge is 0.358 e. The molecule has 0 N–H and O–H groups in total. The molecule has 0 amide bonds. The van der Waals surface area contributed by atoms with Gasteiger partial charge < -0.3 is 4.74 Å². The predicted molar refractivity (Wildman–Crippen MR) is 52.9 cm³/mol. The number of pyridine rings is 1. The monoisotopic (exact) mass is 263 g/mol. The fraction of sp³-hybridized carbons (Fsp3) is 0.250. The highest BCUT2D eigenvalue weighted by atomic mass is 79.9. The number of ether oxygens (including phenoxy) is 1. The van der Waals surface area contributed by atoms with Crippen LogP contribution in [0.25, 0.3) is 0 Å². The lowest BCUT2D eigenvalue weighted by molar-refractivity contribution is 0.0519. The van der Waals surface area contributed by atoms with Crippen LogP contribution >= 0.6 is 27.5 Å². The SMILES string of the molecule is CCOC(=O)c1nccc(Br)c1Cl. The molecule has 70 valence electrons. The first kappa shape index (κ1) is 10.5. The normalized spacial score (nSPS) is 9.77. The zero-order valence-corrected chi connectivity index (χ0v) is 9.22. The fourth-order valence-corrected chi connectivity index (χ4v) is 1.26. The van der Waals surface area contributed by atoms with E-state index in [0.717, 1.165) is 0 Å².